The zero-order valence-corrected chi connectivity index (χ0v) is 13.4. The molecule has 1 heterocycles. The Balaban J connectivity index is 0.00000200. The van der Waals surface area contributed by atoms with E-state index in [-0.39, 0.29) is 24.2 Å². The predicted octanol–water partition coefficient (Wildman–Crippen LogP) is 3.19. The Hall–Kier alpha value is -1.06. The maximum atomic E-state index is 12.5. The minimum absolute atomic E-state index is 0. The number of nitrogens with zero attached hydrogens (tertiary/aromatic N) is 1. The highest BCUT2D eigenvalue weighted by Gasteiger charge is 2.24. The number of carbonyl (C=O) groups excluding carboxylic acids is 1. The van der Waals surface area contributed by atoms with Crippen molar-refractivity contribution in [3.63, 3.8) is 0 Å². The molecule has 112 valence electrons. The van der Waals surface area contributed by atoms with Crippen molar-refractivity contribution in [3.05, 3.63) is 29.8 Å². The second kappa shape index (κ2) is 7.65. The molecule has 1 aromatic rings. The summed E-state index contributed by atoms with van der Waals surface area (Å²) in [5.74, 6) is 0.842. The summed E-state index contributed by atoms with van der Waals surface area (Å²) in [5, 5.41) is 3.30. The number of amides is 1. The molecule has 1 aliphatic heterocycles. The summed E-state index contributed by atoms with van der Waals surface area (Å²) in [7, 11) is 1.89. The Bertz CT molecular complexity index is 442. The van der Waals surface area contributed by atoms with E-state index in [1.54, 1.807) is 0 Å². The Morgan fingerprint density at radius 1 is 1.40 bits per heavy atom. The van der Waals surface area contributed by atoms with Crippen molar-refractivity contribution in [2.45, 2.75) is 32.6 Å². The molecule has 4 heteroatoms. The Labute approximate surface area is 128 Å². The van der Waals surface area contributed by atoms with Gasteiger partial charge in [0.1, 0.15) is 0 Å². The van der Waals surface area contributed by atoms with Crippen molar-refractivity contribution in [2.75, 3.05) is 25.0 Å². The molecule has 1 N–H and O–H groups in total. The molecular weight excluding hydrogens is 272 g/mol. The van der Waals surface area contributed by atoms with Crippen LogP contribution in [0, 0.1) is 5.92 Å². The van der Waals surface area contributed by atoms with E-state index in [9.17, 15) is 4.79 Å². The van der Waals surface area contributed by atoms with Crippen LogP contribution in [0.5, 0.6) is 0 Å². The minimum Gasteiger partial charge on any atom is -0.316 e. The van der Waals surface area contributed by atoms with E-state index >= 15 is 0 Å². The van der Waals surface area contributed by atoms with Crippen molar-refractivity contribution < 1.29 is 4.79 Å². The summed E-state index contributed by atoms with van der Waals surface area (Å²) >= 11 is 0. The van der Waals surface area contributed by atoms with Gasteiger partial charge in [-0.25, -0.2) is 0 Å². The number of nitrogens with one attached hydrogen (secondary N) is 1. The van der Waals surface area contributed by atoms with Crippen molar-refractivity contribution in [1.82, 2.24) is 5.32 Å². The van der Waals surface area contributed by atoms with Crippen LogP contribution in [-0.4, -0.2) is 26.0 Å². The number of halogens is 1. The van der Waals surface area contributed by atoms with E-state index in [1.807, 2.05) is 24.1 Å². The third-order valence-corrected chi connectivity index (χ3v) is 3.90. The molecule has 0 radical (unpaired) electrons. The van der Waals surface area contributed by atoms with Gasteiger partial charge in [-0.2, -0.15) is 0 Å². The number of anilines is 1. The summed E-state index contributed by atoms with van der Waals surface area (Å²) in [6.45, 7) is 6.20. The molecule has 1 fully saturated rings. The number of piperidine rings is 1. The predicted molar refractivity (Wildman–Crippen MR) is 86.8 cm³/mol. The summed E-state index contributed by atoms with van der Waals surface area (Å²) in [6.07, 6.45) is 2.09. The van der Waals surface area contributed by atoms with Crippen molar-refractivity contribution in [3.8, 4) is 0 Å². The first-order valence-corrected chi connectivity index (χ1v) is 7.18. The van der Waals surface area contributed by atoms with Crippen molar-refractivity contribution in [2.24, 2.45) is 5.92 Å². The lowest BCUT2D eigenvalue weighted by Crippen LogP contribution is -2.41. The fourth-order valence-electron chi connectivity index (χ4n) is 2.56. The van der Waals surface area contributed by atoms with Crippen LogP contribution < -0.4 is 10.2 Å². The van der Waals surface area contributed by atoms with E-state index < -0.39 is 0 Å². The number of hydrogen-bond donors (Lipinski definition) is 1. The molecule has 1 amide bonds. The molecule has 0 bridgehead atoms. The van der Waals surface area contributed by atoms with Crippen molar-refractivity contribution >= 4 is 24.0 Å². The largest absolute Gasteiger partial charge is 0.316 e. The van der Waals surface area contributed by atoms with Gasteiger partial charge >= 0.3 is 0 Å². The smallest absolute Gasteiger partial charge is 0.231 e. The van der Waals surface area contributed by atoms with Crippen LogP contribution in [0.2, 0.25) is 0 Å². The molecule has 20 heavy (non-hydrogen) atoms. The highest BCUT2D eigenvalue weighted by Crippen LogP contribution is 2.23. The van der Waals surface area contributed by atoms with Gasteiger partial charge < -0.3 is 10.2 Å². The maximum Gasteiger partial charge on any atom is 0.231 e. The zero-order valence-electron chi connectivity index (χ0n) is 12.6. The van der Waals surface area contributed by atoms with Crippen LogP contribution in [0.15, 0.2) is 24.3 Å². The lowest BCUT2D eigenvalue weighted by molar-refractivity contribution is -0.122. The Morgan fingerprint density at radius 3 is 2.75 bits per heavy atom. The second-order valence-corrected chi connectivity index (χ2v) is 5.69. The summed E-state index contributed by atoms with van der Waals surface area (Å²) < 4.78 is 0. The van der Waals surface area contributed by atoms with Gasteiger partial charge in [0.05, 0.1) is 5.92 Å². The molecule has 2 rings (SSSR count). The van der Waals surface area contributed by atoms with E-state index in [0.717, 1.165) is 31.6 Å². The van der Waals surface area contributed by atoms with Gasteiger partial charge in [-0.1, -0.05) is 26.0 Å². The van der Waals surface area contributed by atoms with Gasteiger partial charge in [0.25, 0.3) is 0 Å². The lowest BCUT2D eigenvalue weighted by atomic mass is 9.97. The molecule has 0 saturated carbocycles. The quantitative estimate of drug-likeness (QED) is 0.929. The molecule has 0 spiro atoms. The van der Waals surface area contributed by atoms with Crippen LogP contribution in [0.4, 0.5) is 5.69 Å². The second-order valence-electron chi connectivity index (χ2n) is 5.69. The SMILES string of the molecule is CC(C)c1cccc(N(C)C(=O)C2CCCNC2)c1.Cl. The van der Waals surface area contributed by atoms with Crippen LogP contribution in [0.1, 0.15) is 38.2 Å². The van der Waals surface area contributed by atoms with Crippen molar-refractivity contribution in [1.29, 1.82) is 0 Å². The van der Waals surface area contributed by atoms with E-state index in [0.29, 0.717) is 5.92 Å². The minimum atomic E-state index is 0. The summed E-state index contributed by atoms with van der Waals surface area (Å²) in [6, 6.07) is 8.29. The fourth-order valence-corrected chi connectivity index (χ4v) is 2.56. The number of hydrogen-bond acceptors (Lipinski definition) is 2. The molecule has 0 aliphatic carbocycles. The Kier molecular flexibility index (Phi) is 6.50. The lowest BCUT2D eigenvalue weighted by Gasteiger charge is -2.27. The summed E-state index contributed by atoms with van der Waals surface area (Å²) in [4.78, 5) is 14.3. The van der Waals surface area contributed by atoms with Crippen LogP contribution >= 0.6 is 12.4 Å². The highest BCUT2D eigenvalue weighted by molar-refractivity contribution is 5.94. The molecule has 1 saturated heterocycles. The van der Waals surface area contributed by atoms with Gasteiger partial charge in [-0.15, -0.1) is 12.4 Å². The molecule has 3 nitrogen and oxygen atoms in total. The molecular formula is C16H25ClN2O. The fraction of sp³-hybridized carbons (Fsp3) is 0.562. The molecule has 0 aromatic heterocycles. The first kappa shape index (κ1) is 17.0. The zero-order chi connectivity index (χ0) is 13.8. The average molecular weight is 297 g/mol. The van der Waals surface area contributed by atoms with Gasteiger partial charge in [0, 0.05) is 19.3 Å². The maximum absolute atomic E-state index is 12.5. The van der Waals surface area contributed by atoms with Gasteiger partial charge in [-0.05, 0) is 43.0 Å². The van der Waals surface area contributed by atoms with Gasteiger partial charge in [0.2, 0.25) is 5.91 Å². The first-order valence-electron chi connectivity index (χ1n) is 7.18. The third-order valence-electron chi connectivity index (χ3n) is 3.90. The highest BCUT2D eigenvalue weighted by atomic mass is 35.5. The van der Waals surface area contributed by atoms with Crippen LogP contribution in [0.3, 0.4) is 0 Å². The molecule has 1 aliphatic rings. The monoisotopic (exact) mass is 296 g/mol. The van der Waals surface area contributed by atoms with Gasteiger partial charge in [0.15, 0.2) is 0 Å². The standard InChI is InChI=1S/C16H24N2O.ClH/c1-12(2)13-6-4-8-15(10-13)18(3)16(19)14-7-5-9-17-11-14;/h4,6,8,10,12,14,17H,5,7,9,11H2,1-3H3;1H. The Morgan fingerprint density at radius 2 is 2.15 bits per heavy atom. The summed E-state index contributed by atoms with van der Waals surface area (Å²) in [5.41, 5.74) is 2.28. The average Bonchev–Trinajstić information content (AvgIpc) is 2.46. The molecule has 1 atom stereocenters. The number of rotatable bonds is 3. The number of carbonyl (C=O) groups is 1. The number of benzene rings is 1. The molecule has 1 unspecified atom stereocenters. The topological polar surface area (TPSA) is 32.3 Å². The third kappa shape index (κ3) is 3.97. The van der Waals surface area contributed by atoms with E-state index in [2.05, 4.69) is 31.3 Å². The van der Waals surface area contributed by atoms with E-state index in [1.165, 1.54) is 5.56 Å². The first-order chi connectivity index (χ1) is 9.09. The molecule has 1 aromatic carbocycles. The van der Waals surface area contributed by atoms with E-state index in [4.69, 9.17) is 0 Å². The van der Waals surface area contributed by atoms with Crippen LogP contribution in [-0.2, 0) is 4.79 Å². The van der Waals surface area contributed by atoms with Crippen LogP contribution in [0.25, 0.3) is 0 Å². The normalized spacial score (nSPS) is 18.5. The van der Waals surface area contributed by atoms with Gasteiger partial charge in [-0.3, -0.25) is 4.79 Å².